The minimum Gasteiger partial charge on any atom is -0.352 e. The number of carbonyl (C=O) groups excluding carboxylic acids is 1. The molecule has 18 heavy (non-hydrogen) atoms. The Kier molecular flexibility index (Phi) is 7.43. The van der Waals surface area contributed by atoms with Crippen molar-refractivity contribution in [3.05, 3.63) is 34.1 Å². The summed E-state index contributed by atoms with van der Waals surface area (Å²) >= 11 is 3.13. The highest BCUT2D eigenvalue weighted by Crippen LogP contribution is 2.17. The summed E-state index contributed by atoms with van der Waals surface area (Å²) in [5.41, 5.74) is 6.41. The van der Waals surface area contributed by atoms with E-state index in [4.69, 9.17) is 5.73 Å². The lowest BCUT2D eigenvalue weighted by molar-refractivity contribution is -0.122. The molecule has 0 spiro atoms. The molecule has 1 unspecified atom stereocenters. The summed E-state index contributed by atoms with van der Waals surface area (Å²) in [5.74, 6) is -0.473. The van der Waals surface area contributed by atoms with Gasteiger partial charge in [0.15, 0.2) is 0 Å². The van der Waals surface area contributed by atoms with Crippen LogP contribution in [0.4, 0.5) is 4.39 Å². The van der Waals surface area contributed by atoms with E-state index in [0.29, 0.717) is 10.9 Å². The zero-order valence-electron chi connectivity index (χ0n) is 10.2. The molecule has 0 aliphatic carbocycles. The molecule has 0 heterocycles. The van der Waals surface area contributed by atoms with Crippen molar-refractivity contribution in [2.24, 2.45) is 5.73 Å². The lowest BCUT2D eigenvalue weighted by atomic mass is 10.1. The quantitative estimate of drug-likeness (QED) is 0.885. The van der Waals surface area contributed by atoms with Crippen molar-refractivity contribution in [2.45, 2.75) is 32.4 Å². The van der Waals surface area contributed by atoms with Gasteiger partial charge in [-0.2, -0.15) is 0 Å². The van der Waals surface area contributed by atoms with Crippen molar-refractivity contribution in [1.29, 1.82) is 0 Å². The highest BCUT2D eigenvalue weighted by atomic mass is 79.9. The van der Waals surface area contributed by atoms with Crippen LogP contribution in [0.2, 0.25) is 0 Å². The molecular weight excluding hydrogens is 322 g/mol. The number of nitrogens with one attached hydrogen (secondary N) is 1. The summed E-state index contributed by atoms with van der Waals surface area (Å²) < 4.78 is 13.5. The van der Waals surface area contributed by atoms with Gasteiger partial charge in [-0.1, -0.05) is 6.07 Å². The standard InChI is InChI=1S/C12H16BrFN2O.ClH/c1-7(16-12(17)8(2)15)5-9-3-4-11(14)10(13)6-9;/h3-4,6-8H,5,15H2,1-2H3,(H,16,17);1H/t7?,8-;/m1./s1. The highest BCUT2D eigenvalue weighted by molar-refractivity contribution is 9.10. The van der Waals surface area contributed by atoms with Gasteiger partial charge in [-0.25, -0.2) is 4.39 Å². The molecule has 1 aromatic carbocycles. The van der Waals surface area contributed by atoms with Gasteiger partial charge < -0.3 is 11.1 Å². The van der Waals surface area contributed by atoms with E-state index in [2.05, 4.69) is 21.2 Å². The lowest BCUT2D eigenvalue weighted by Crippen LogP contribution is -2.43. The maximum Gasteiger partial charge on any atom is 0.236 e. The molecule has 0 aromatic heterocycles. The lowest BCUT2D eigenvalue weighted by Gasteiger charge is -2.15. The van der Waals surface area contributed by atoms with Gasteiger partial charge in [-0.05, 0) is 53.9 Å². The van der Waals surface area contributed by atoms with Crippen LogP contribution in [-0.4, -0.2) is 18.0 Å². The number of carbonyl (C=O) groups is 1. The number of amides is 1. The van der Waals surface area contributed by atoms with Crippen LogP contribution in [0.15, 0.2) is 22.7 Å². The van der Waals surface area contributed by atoms with Gasteiger partial charge in [-0.3, -0.25) is 4.79 Å². The Morgan fingerprint density at radius 1 is 1.50 bits per heavy atom. The highest BCUT2D eigenvalue weighted by Gasteiger charge is 2.12. The fraction of sp³-hybridized carbons (Fsp3) is 0.417. The zero-order valence-corrected chi connectivity index (χ0v) is 12.6. The predicted molar refractivity (Wildman–Crippen MR) is 76.3 cm³/mol. The molecule has 102 valence electrons. The van der Waals surface area contributed by atoms with Crippen LogP contribution in [-0.2, 0) is 11.2 Å². The second kappa shape index (κ2) is 7.71. The number of rotatable bonds is 4. The van der Waals surface area contributed by atoms with E-state index >= 15 is 0 Å². The predicted octanol–water partition coefficient (Wildman–Crippen LogP) is 2.40. The largest absolute Gasteiger partial charge is 0.352 e. The summed E-state index contributed by atoms with van der Waals surface area (Å²) in [4.78, 5) is 11.4. The van der Waals surface area contributed by atoms with Crippen molar-refractivity contribution in [1.82, 2.24) is 5.32 Å². The van der Waals surface area contributed by atoms with Crippen molar-refractivity contribution in [3.63, 3.8) is 0 Å². The normalized spacial score (nSPS) is 13.4. The number of halogens is 3. The van der Waals surface area contributed by atoms with Crippen LogP contribution in [0.5, 0.6) is 0 Å². The molecule has 0 aliphatic heterocycles. The number of hydrogen-bond acceptors (Lipinski definition) is 2. The third-order valence-corrected chi connectivity index (χ3v) is 2.94. The molecular formula is C12H17BrClFN2O. The summed E-state index contributed by atoms with van der Waals surface area (Å²) in [7, 11) is 0. The van der Waals surface area contributed by atoms with Gasteiger partial charge in [0.2, 0.25) is 5.91 Å². The number of benzene rings is 1. The maximum absolute atomic E-state index is 13.0. The first-order valence-electron chi connectivity index (χ1n) is 5.40. The summed E-state index contributed by atoms with van der Waals surface area (Å²) in [5, 5.41) is 2.79. The van der Waals surface area contributed by atoms with Gasteiger partial charge >= 0.3 is 0 Å². The smallest absolute Gasteiger partial charge is 0.236 e. The zero-order chi connectivity index (χ0) is 13.0. The van der Waals surface area contributed by atoms with E-state index in [1.54, 1.807) is 19.1 Å². The van der Waals surface area contributed by atoms with Crippen LogP contribution in [0.3, 0.4) is 0 Å². The number of nitrogens with two attached hydrogens (primary N) is 1. The van der Waals surface area contributed by atoms with E-state index in [-0.39, 0.29) is 30.2 Å². The molecule has 0 saturated heterocycles. The Morgan fingerprint density at radius 3 is 2.61 bits per heavy atom. The maximum atomic E-state index is 13.0. The van der Waals surface area contributed by atoms with Gasteiger partial charge in [0.25, 0.3) is 0 Å². The molecule has 0 aliphatic rings. The molecule has 6 heteroatoms. The minimum absolute atomic E-state index is 0. The van der Waals surface area contributed by atoms with E-state index in [9.17, 15) is 9.18 Å². The molecule has 0 bridgehead atoms. The van der Waals surface area contributed by atoms with Crippen LogP contribution in [0.25, 0.3) is 0 Å². The van der Waals surface area contributed by atoms with Gasteiger partial charge in [0, 0.05) is 6.04 Å². The van der Waals surface area contributed by atoms with E-state index < -0.39 is 6.04 Å². The molecule has 2 atom stereocenters. The van der Waals surface area contributed by atoms with Crippen LogP contribution >= 0.6 is 28.3 Å². The Bertz CT molecular complexity index is 415. The molecule has 0 saturated carbocycles. The van der Waals surface area contributed by atoms with Crippen LogP contribution in [0.1, 0.15) is 19.4 Å². The van der Waals surface area contributed by atoms with E-state index in [1.807, 2.05) is 6.92 Å². The monoisotopic (exact) mass is 338 g/mol. The van der Waals surface area contributed by atoms with Gasteiger partial charge in [0.1, 0.15) is 5.82 Å². The second-order valence-electron chi connectivity index (χ2n) is 4.15. The fourth-order valence-corrected chi connectivity index (χ4v) is 1.87. The van der Waals surface area contributed by atoms with Crippen molar-refractivity contribution >= 4 is 34.2 Å². The van der Waals surface area contributed by atoms with Gasteiger partial charge in [-0.15, -0.1) is 12.4 Å². The first-order valence-corrected chi connectivity index (χ1v) is 6.19. The van der Waals surface area contributed by atoms with E-state index in [1.165, 1.54) is 6.07 Å². The fourth-order valence-electron chi connectivity index (χ4n) is 1.45. The Morgan fingerprint density at radius 2 is 2.11 bits per heavy atom. The minimum atomic E-state index is -0.516. The summed E-state index contributed by atoms with van der Waals surface area (Å²) in [6.45, 7) is 3.52. The molecule has 0 fully saturated rings. The Balaban J connectivity index is 0.00000289. The Hall–Kier alpha value is -0.650. The molecule has 1 amide bonds. The average molecular weight is 340 g/mol. The van der Waals surface area contributed by atoms with Crippen LogP contribution < -0.4 is 11.1 Å². The summed E-state index contributed by atoms with van der Waals surface area (Å²) in [6, 6.07) is 4.26. The SMILES string of the molecule is CC(Cc1ccc(F)c(Br)c1)NC(=O)[C@@H](C)N.Cl. The van der Waals surface area contributed by atoms with E-state index in [0.717, 1.165) is 5.56 Å². The third-order valence-electron chi connectivity index (χ3n) is 2.33. The average Bonchev–Trinajstić information content (AvgIpc) is 2.23. The topological polar surface area (TPSA) is 55.1 Å². The Labute approximate surface area is 121 Å². The first kappa shape index (κ1) is 17.4. The third kappa shape index (κ3) is 5.33. The molecule has 3 N–H and O–H groups in total. The second-order valence-corrected chi connectivity index (χ2v) is 5.01. The molecule has 1 aromatic rings. The van der Waals surface area contributed by atoms with Gasteiger partial charge in [0.05, 0.1) is 10.5 Å². The summed E-state index contributed by atoms with van der Waals surface area (Å²) in [6.07, 6.45) is 0.636. The van der Waals surface area contributed by atoms with Crippen LogP contribution in [0, 0.1) is 5.82 Å². The van der Waals surface area contributed by atoms with Crippen molar-refractivity contribution in [2.75, 3.05) is 0 Å². The molecule has 1 rings (SSSR count). The van der Waals surface area contributed by atoms with Crippen molar-refractivity contribution in [3.8, 4) is 0 Å². The molecule has 0 radical (unpaired) electrons. The van der Waals surface area contributed by atoms with Crippen molar-refractivity contribution < 1.29 is 9.18 Å². The molecule has 3 nitrogen and oxygen atoms in total. The number of hydrogen-bond donors (Lipinski definition) is 2. The first-order chi connectivity index (χ1) is 7.90.